The van der Waals surface area contributed by atoms with Crippen LogP contribution in [0, 0.1) is 0 Å². The predicted octanol–water partition coefficient (Wildman–Crippen LogP) is 4.03. The van der Waals surface area contributed by atoms with E-state index < -0.39 is 0 Å². The lowest BCUT2D eigenvalue weighted by atomic mass is 10.1. The molecule has 0 bridgehead atoms. The maximum Gasteiger partial charge on any atom is 0.0417 e. The summed E-state index contributed by atoms with van der Waals surface area (Å²) in [5.41, 5.74) is 1.34. The molecule has 1 aromatic rings. The van der Waals surface area contributed by atoms with Gasteiger partial charge in [0, 0.05) is 9.50 Å². The molecule has 1 nitrogen and oxygen atoms in total. The van der Waals surface area contributed by atoms with E-state index in [0.29, 0.717) is 0 Å². The molecule has 0 saturated heterocycles. The van der Waals surface area contributed by atoms with Gasteiger partial charge in [0.25, 0.3) is 0 Å². The molecule has 1 rings (SSSR count). The van der Waals surface area contributed by atoms with Gasteiger partial charge in [0.1, 0.15) is 0 Å². The van der Waals surface area contributed by atoms with Crippen molar-refractivity contribution in [2.45, 2.75) is 26.2 Å². The van der Waals surface area contributed by atoms with Gasteiger partial charge in [-0.1, -0.05) is 40.5 Å². The molecule has 0 spiro atoms. The Balaban J connectivity index is 2.31. The van der Waals surface area contributed by atoms with Gasteiger partial charge < -0.3 is 5.32 Å². The third-order valence-electron chi connectivity index (χ3n) is 2.31. The second-order valence-corrected chi connectivity index (χ2v) is 4.84. The Labute approximate surface area is 105 Å². The summed E-state index contributed by atoms with van der Waals surface area (Å²) in [5.74, 6) is 0. The molecule has 84 valence electrons. The molecule has 0 saturated carbocycles. The molecule has 0 atom stereocenters. The fourth-order valence-electron chi connectivity index (χ4n) is 1.47. The van der Waals surface area contributed by atoms with Gasteiger partial charge in [-0.3, -0.25) is 0 Å². The molecule has 0 aliphatic carbocycles. The van der Waals surface area contributed by atoms with Crippen LogP contribution in [0.25, 0.3) is 0 Å². The van der Waals surface area contributed by atoms with Crippen molar-refractivity contribution in [3.8, 4) is 0 Å². The number of benzene rings is 1. The fourth-order valence-corrected chi connectivity index (χ4v) is 2.35. The van der Waals surface area contributed by atoms with E-state index in [9.17, 15) is 0 Å². The second kappa shape index (κ2) is 7.26. The zero-order valence-electron chi connectivity index (χ0n) is 9.02. The molecule has 0 amide bonds. The third-order valence-corrected chi connectivity index (χ3v) is 3.29. The van der Waals surface area contributed by atoms with E-state index >= 15 is 0 Å². The van der Waals surface area contributed by atoms with Crippen molar-refractivity contribution < 1.29 is 0 Å². The quantitative estimate of drug-likeness (QED) is 0.780. The average Bonchev–Trinajstić information content (AvgIpc) is 2.20. The summed E-state index contributed by atoms with van der Waals surface area (Å²) in [6.07, 6.45) is 3.55. The van der Waals surface area contributed by atoms with Crippen LogP contribution in [0.4, 0.5) is 0 Å². The monoisotopic (exact) mass is 289 g/mol. The lowest BCUT2D eigenvalue weighted by Crippen LogP contribution is -2.13. The minimum atomic E-state index is 0.790. The first-order valence-electron chi connectivity index (χ1n) is 5.38. The zero-order valence-corrected chi connectivity index (χ0v) is 11.4. The zero-order chi connectivity index (χ0) is 11.1. The molecule has 3 heteroatoms. The van der Waals surface area contributed by atoms with Crippen LogP contribution in [0.2, 0.25) is 5.02 Å². The van der Waals surface area contributed by atoms with Crippen molar-refractivity contribution in [2.75, 3.05) is 13.1 Å². The molecule has 1 aromatic carbocycles. The van der Waals surface area contributed by atoms with E-state index in [1.165, 1.54) is 18.4 Å². The van der Waals surface area contributed by atoms with Gasteiger partial charge in [0.15, 0.2) is 0 Å². The van der Waals surface area contributed by atoms with E-state index in [2.05, 4.69) is 34.2 Å². The molecule has 0 aromatic heterocycles. The van der Waals surface area contributed by atoms with E-state index in [0.717, 1.165) is 29.0 Å². The smallest absolute Gasteiger partial charge is 0.0417 e. The van der Waals surface area contributed by atoms with Crippen LogP contribution in [0.3, 0.4) is 0 Å². The minimum Gasteiger partial charge on any atom is -0.317 e. The highest BCUT2D eigenvalue weighted by Gasteiger charge is 2.00. The van der Waals surface area contributed by atoms with Gasteiger partial charge >= 0.3 is 0 Å². The van der Waals surface area contributed by atoms with Gasteiger partial charge in [-0.05, 0) is 50.0 Å². The minimum absolute atomic E-state index is 0.790. The molecule has 0 fully saturated rings. The molecular weight excluding hydrogens is 273 g/mol. The Morgan fingerprint density at radius 3 is 2.80 bits per heavy atom. The summed E-state index contributed by atoms with van der Waals surface area (Å²) in [6.45, 7) is 4.31. The standard InChI is InChI=1S/C12H17BrClN/c1-2-15-8-4-3-5-10-6-7-11(14)9-12(10)13/h6-7,9,15H,2-5,8H2,1H3. The van der Waals surface area contributed by atoms with Gasteiger partial charge in [-0.15, -0.1) is 0 Å². The number of unbranched alkanes of at least 4 members (excludes halogenated alkanes) is 1. The predicted molar refractivity (Wildman–Crippen MR) is 70.6 cm³/mol. The van der Waals surface area contributed by atoms with Crippen molar-refractivity contribution in [2.24, 2.45) is 0 Å². The largest absolute Gasteiger partial charge is 0.317 e. The van der Waals surface area contributed by atoms with Crippen molar-refractivity contribution in [3.05, 3.63) is 33.3 Å². The van der Waals surface area contributed by atoms with E-state index in [-0.39, 0.29) is 0 Å². The first-order chi connectivity index (χ1) is 7.24. The number of hydrogen-bond acceptors (Lipinski definition) is 1. The van der Waals surface area contributed by atoms with Gasteiger partial charge in [0.2, 0.25) is 0 Å². The highest BCUT2D eigenvalue weighted by atomic mass is 79.9. The van der Waals surface area contributed by atoms with Gasteiger partial charge in [-0.2, -0.15) is 0 Å². The number of hydrogen-bond donors (Lipinski definition) is 1. The van der Waals surface area contributed by atoms with E-state index in [4.69, 9.17) is 11.6 Å². The van der Waals surface area contributed by atoms with Gasteiger partial charge in [-0.25, -0.2) is 0 Å². The van der Waals surface area contributed by atoms with Crippen LogP contribution < -0.4 is 5.32 Å². The van der Waals surface area contributed by atoms with Crippen LogP contribution in [0.1, 0.15) is 25.3 Å². The number of rotatable bonds is 6. The Kier molecular flexibility index (Phi) is 6.30. The summed E-state index contributed by atoms with van der Waals surface area (Å²) in [5, 5.41) is 4.12. The topological polar surface area (TPSA) is 12.0 Å². The Bertz CT molecular complexity index is 302. The third kappa shape index (κ3) is 5.01. The lowest BCUT2D eigenvalue weighted by molar-refractivity contribution is 0.640. The summed E-state index contributed by atoms with van der Waals surface area (Å²) in [4.78, 5) is 0. The summed E-state index contributed by atoms with van der Waals surface area (Å²) in [6, 6.07) is 6.01. The number of aryl methyl sites for hydroxylation is 1. The highest BCUT2D eigenvalue weighted by molar-refractivity contribution is 9.10. The molecule has 0 radical (unpaired) electrons. The summed E-state index contributed by atoms with van der Waals surface area (Å²) >= 11 is 9.41. The van der Waals surface area contributed by atoms with Crippen molar-refractivity contribution in [3.63, 3.8) is 0 Å². The molecule has 1 N–H and O–H groups in total. The van der Waals surface area contributed by atoms with Crippen molar-refractivity contribution in [1.82, 2.24) is 5.32 Å². The molecule has 15 heavy (non-hydrogen) atoms. The first kappa shape index (κ1) is 13.0. The SMILES string of the molecule is CCNCCCCc1ccc(Cl)cc1Br. The van der Waals surface area contributed by atoms with Crippen molar-refractivity contribution in [1.29, 1.82) is 0 Å². The second-order valence-electron chi connectivity index (χ2n) is 3.55. The maximum absolute atomic E-state index is 5.88. The molecule has 0 unspecified atom stereocenters. The van der Waals surface area contributed by atoms with E-state index in [1.54, 1.807) is 0 Å². The molecular formula is C12H17BrClN. The summed E-state index contributed by atoms with van der Waals surface area (Å²) in [7, 11) is 0. The van der Waals surface area contributed by atoms with Crippen molar-refractivity contribution >= 4 is 27.5 Å². The van der Waals surface area contributed by atoms with Crippen LogP contribution in [0.5, 0.6) is 0 Å². The first-order valence-corrected chi connectivity index (χ1v) is 6.55. The maximum atomic E-state index is 5.88. The Hall–Kier alpha value is -0.0500. The van der Waals surface area contributed by atoms with Crippen LogP contribution in [-0.4, -0.2) is 13.1 Å². The van der Waals surface area contributed by atoms with Crippen LogP contribution in [0.15, 0.2) is 22.7 Å². The molecule has 0 heterocycles. The Morgan fingerprint density at radius 2 is 2.13 bits per heavy atom. The van der Waals surface area contributed by atoms with Crippen LogP contribution >= 0.6 is 27.5 Å². The number of halogens is 2. The number of nitrogens with one attached hydrogen (secondary N) is 1. The van der Waals surface area contributed by atoms with Gasteiger partial charge in [0.05, 0.1) is 0 Å². The summed E-state index contributed by atoms with van der Waals surface area (Å²) < 4.78 is 1.12. The highest BCUT2D eigenvalue weighted by Crippen LogP contribution is 2.22. The fraction of sp³-hybridized carbons (Fsp3) is 0.500. The molecule has 0 aliphatic heterocycles. The Morgan fingerprint density at radius 1 is 1.33 bits per heavy atom. The molecule has 0 aliphatic rings. The normalized spacial score (nSPS) is 10.6. The average molecular weight is 291 g/mol. The van der Waals surface area contributed by atoms with Crippen LogP contribution in [-0.2, 0) is 6.42 Å². The van der Waals surface area contributed by atoms with E-state index in [1.807, 2.05) is 12.1 Å². The lowest BCUT2D eigenvalue weighted by Gasteiger charge is -2.05.